The lowest BCUT2D eigenvalue weighted by Gasteiger charge is -2.16. The van der Waals surface area contributed by atoms with Crippen molar-refractivity contribution in [3.05, 3.63) is 29.8 Å². The third kappa shape index (κ3) is 2.37. The Kier molecular flexibility index (Phi) is 3.69. The van der Waals surface area contributed by atoms with E-state index in [0.717, 1.165) is 22.8 Å². The highest BCUT2D eigenvalue weighted by Crippen LogP contribution is 2.23. The summed E-state index contributed by atoms with van der Waals surface area (Å²) >= 11 is 0. The number of ether oxygens (including phenoxy) is 1. The van der Waals surface area contributed by atoms with Crippen molar-refractivity contribution in [3.63, 3.8) is 0 Å². The quantitative estimate of drug-likeness (QED) is 0.896. The number of aryl methyl sites for hydroxylation is 1. The summed E-state index contributed by atoms with van der Waals surface area (Å²) in [6, 6.07) is 3.88. The molecule has 2 rings (SSSR count). The molecule has 0 radical (unpaired) electrons. The lowest BCUT2D eigenvalue weighted by molar-refractivity contribution is 0.414. The van der Waals surface area contributed by atoms with Gasteiger partial charge in [0.25, 0.3) is 0 Å². The smallest absolute Gasteiger partial charge is 0.133 e. The second-order valence-electron chi connectivity index (χ2n) is 4.56. The molecule has 2 heterocycles. The first kappa shape index (κ1) is 13.8. The zero-order valence-corrected chi connectivity index (χ0v) is 11.3. The Labute approximate surface area is 107 Å². The fourth-order valence-electron chi connectivity index (χ4n) is 1.80. The molecule has 0 aliphatic carbocycles. The third-order valence-electron chi connectivity index (χ3n) is 2.61. The van der Waals surface area contributed by atoms with Gasteiger partial charge in [-0.05, 0) is 26.8 Å². The van der Waals surface area contributed by atoms with E-state index >= 15 is 0 Å². The van der Waals surface area contributed by atoms with Gasteiger partial charge in [-0.1, -0.05) is 0 Å². The number of pyridine rings is 1. The number of rotatable bonds is 2. The van der Waals surface area contributed by atoms with Crippen LogP contribution in [-0.2, 0) is 5.54 Å². The lowest BCUT2D eigenvalue weighted by Crippen LogP contribution is -2.31. The van der Waals surface area contributed by atoms with Crippen molar-refractivity contribution in [2.45, 2.75) is 26.3 Å². The summed E-state index contributed by atoms with van der Waals surface area (Å²) in [7, 11) is 1.66. The first-order valence-electron chi connectivity index (χ1n) is 5.25. The molecule has 2 aromatic rings. The van der Waals surface area contributed by atoms with Crippen molar-refractivity contribution in [2.75, 3.05) is 7.11 Å². The molecule has 0 atom stereocenters. The highest BCUT2D eigenvalue weighted by Gasteiger charge is 2.21. The van der Waals surface area contributed by atoms with Crippen molar-refractivity contribution in [1.82, 2.24) is 9.38 Å². The number of halogens is 1. The maximum Gasteiger partial charge on any atom is 0.133 e. The van der Waals surface area contributed by atoms with Gasteiger partial charge in [0.05, 0.1) is 23.9 Å². The van der Waals surface area contributed by atoms with Crippen LogP contribution in [0.2, 0.25) is 0 Å². The topological polar surface area (TPSA) is 52.5 Å². The molecule has 17 heavy (non-hydrogen) atoms. The molecule has 0 spiro atoms. The van der Waals surface area contributed by atoms with Crippen LogP contribution in [0.25, 0.3) is 5.52 Å². The number of aromatic nitrogens is 2. The van der Waals surface area contributed by atoms with Gasteiger partial charge in [-0.3, -0.25) is 0 Å². The largest absolute Gasteiger partial charge is 0.497 e. The van der Waals surface area contributed by atoms with Crippen LogP contribution in [0, 0.1) is 6.92 Å². The van der Waals surface area contributed by atoms with Gasteiger partial charge in [0, 0.05) is 12.3 Å². The second-order valence-corrected chi connectivity index (χ2v) is 4.56. The summed E-state index contributed by atoms with van der Waals surface area (Å²) < 4.78 is 7.21. The fraction of sp³-hybridized carbons (Fsp3) is 0.417. The maximum atomic E-state index is 6.09. The van der Waals surface area contributed by atoms with Gasteiger partial charge in [-0.25, -0.2) is 4.98 Å². The Bertz CT molecular complexity index is 528. The lowest BCUT2D eigenvalue weighted by atomic mass is 10.1. The number of fused-ring (bicyclic) bond motifs is 1. The van der Waals surface area contributed by atoms with E-state index in [4.69, 9.17) is 10.5 Å². The first-order valence-corrected chi connectivity index (χ1v) is 5.25. The Morgan fingerprint density at radius 3 is 2.59 bits per heavy atom. The van der Waals surface area contributed by atoms with Crippen LogP contribution < -0.4 is 10.5 Å². The normalized spacial score (nSPS) is 11.4. The zero-order valence-electron chi connectivity index (χ0n) is 10.5. The molecular formula is C12H18ClN3O. The van der Waals surface area contributed by atoms with Crippen molar-refractivity contribution in [1.29, 1.82) is 0 Å². The summed E-state index contributed by atoms with van der Waals surface area (Å²) in [6.45, 7) is 5.88. The summed E-state index contributed by atoms with van der Waals surface area (Å²) in [5.74, 6) is 1.69. The van der Waals surface area contributed by atoms with Crippen LogP contribution in [-0.4, -0.2) is 16.5 Å². The van der Waals surface area contributed by atoms with Gasteiger partial charge < -0.3 is 14.9 Å². The minimum atomic E-state index is -0.453. The Morgan fingerprint density at radius 2 is 2.06 bits per heavy atom. The van der Waals surface area contributed by atoms with Crippen molar-refractivity contribution >= 4 is 17.9 Å². The SMILES string of the molecule is COc1ccn2c(C(C)(C)N)nc(C)c2c1.Cl. The summed E-state index contributed by atoms with van der Waals surface area (Å²) in [4.78, 5) is 4.52. The number of hydrogen-bond donors (Lipinski definition) is 1. The van der Waals surface area contributed by atoms with Crippen LogP contribution in [0.15, 0.2) is 18.3 Å². The monoisotopic (exact) mass is 255 g/mol. The zero-order chi connectivity index (χ0) is 11.9. The number of hydrogen-bond acceptors (Lipinski definition) is 3. The van der Waals surface area contributed by atoms with Gasteiger partial charge in [0.2, 0.25) is 0 Å². The molecule has 0 fully saturated rings. The van der Waals surface area contributed by atoms with E-state index in [1.54, 1.807) is 7.11 Å². The van der Waals surface area contributed by atoms with Crippen molar-refractivity contribution in [2.24, 2.45) is 5.73 Å². The third-order valence-corrected chi connectivity index (χ3v) is 2.61. The molecule has 94 valence electrons. The summed E-state index contributed by atoms with van der Waals surface area (Å²) in [5, 5.41) is 0. The Balaban J connectivity index is 0.00000144. The highest BCUT2D eigenvalue weighted by molar-refractivity contribution is 5.85. The molecular weight excluding hydrogens is 238 g/mol. The van der Waals surface area contributed by atoms with Crippen LogP contribution in [0.5, 0.6) is 5.75 Å². The van der Waals surface area contributed by atoms with Gasteiger partial charge in [0.15, 0.2) is 0 Å². The fourth-order valence-corrected chi connectivity index (χ4v) is 1.80. The molecule has 0 aromatic carbocycles. The highest BCUT2D eigenvalue weighted by atomic mass is 35.5. The molecule has 2 aromatic heterocycles. The molecule has 0 aliphatic rings. The minimum Gasteiger partial charge on any atom is -0.497 e. The van der Waals surface area contributed by atoms with Crippen LogP contribution in [0.4, 0.5) is 0 Å². The van der Waals surface area contributed by atoms with Crippen LogP contribution in [0.3, 0.4) is 0 Å². The van der Waals surface area contributed by atoms with E-state index in [0.29, 0.717) is 0 Å². The maximum absolute atomic E-state index is 6.09. The number of nitrogens with zero attached hydrogens (tertiary/aromatic N) is 2. The van der Waals surface area contributed by atoms with Crippen molar-refractivity contribution < 1.29 is 4.74 Å². The predicted octanol–water partition coefficient (Wildman–Crippen LogP) is 2.27. The predicted molar refractivity (Wildman–Crippen MR) is 70.9 cm³/mol. The van der Waals surface area contributed by atoms with Gasteiger partial charge in [-0.15, -0.1) is 12.4 Å². The molecule has 4 nitrogen and oxygen atoms in total. The van der Waals surface area contributed by atoms with Crippen LogP contribution >= 0.6 is 12.4 Å². The van der Waals surface area contributed by atoms with Gasteiger partial charge in [0.1, 0.15) is 11.6 Å². The molecule has 5 heteroatoms. The van der Waals surface area contributed by atoms with Crippen molar-refractivity contribution in [3.8, 4) is 5.75 Å². The van der Waals surface area contributed by atoms with Gasteiger partial charge in [-0.2, -0.15) is 0 Å². The summed E-state index contributed by atoms with van der Waals surface area (Å²) in [5.41, 5.74) is 7.64. The average Bonchev–Trinajstić information content (AvgIpc) is 2.55. The molecule has 0 amide bonds. The van der Waals surface area contributed by atoms with Crippen LogP contribution in [0.1, 0.15) is 25.4 Å². The van der Waals surface area contributed by atoms with E-state index < -0.39 is 5.54 Å². The molecule has 2 N–H and O–H groups in total. The van der Waals surface area contributed by atoms with E-state index in [1.807, 2.05) is 43.5 Å². The number of nitrogens with two attached hydrogens (primary N) is 1. The number of methoxy groups -OCH3 is 1. The van der Waals surface area contributed by atoms with Gasteiger partial charge >= 0.3 is 0 Å². The Morgan fingerprint density at radius 1 is 1.41 bits per heavy atom. The first-order chi connectivity index (χ1) is 7.43. The van der Waals surface area contributed by atoms with E-state index in [-0.39, 0.29) is 12.4 Å². The molecule has 0 saturated carbocycles. The Hall–Kier alpha value is -1.26. The molecule has 0 unspecified atom stereocenters. The molecule has 0 saturated heterocycles. The summed E-state index contributed by atoms with van der Waals surface area (Å²) in [6.07, 6.45) is 1.94. The minimum absolute atomic E-state index is 0. The van der Waals surface area contributed by atoms with E-state index in [2.05, 4.69) is 4.98 Å². The molecule has 0 bridgehead atoms. The second kappa shape index (κ2) is 4.55. The van der Waals surface area contributed by atoms with E-state index in [1.165, 1.54) is 0 Å². The average molecular weight is 256 g/mol. The van der Waals surface area contributed by atoms with E-state index in [9.17, 15) is 0 Å². The molecule has 0 aliphatic heterocycles. The standard InChI is InChI=1S/C12H17N3O.ClH/c1-8-10-7-9(16-4)5-6-15(10)11(14-8)12(2,3)13;/h5-7H,13H2,1-4H3;1H. The number of imidazole rings is 1.